The van der Waals surface area contributed by atoms with Gasteiger partial charge in [0.25, 0.3) is 0 Å². The molecule has 2 saturated heterocycles. The fourth-order valence-electron chi connectivity index (χ4n) is 3.74. The molecule has 0 bridgehead atoms. The first kappa shape index (κ1) is 16.3. The Hall–Kier alpha value is -0.0800. The predicted octanol–water partition coefficient (Wildman–Crippen LogP) is 4.30. The van der Waals surface area contributed by atoms with Crippen molar-refractivity contribution in [2.45, 2.75) is 77.0 Å². The van der Waals surface area contributed by atoms with Gasteiger partial charge in [0.05, 0.1) is 0 Å². The molecule has 2 fully saturated rings. The van der Waals surface area contributed by atoms with Crippen LogP contribution >= 0.6 is 0 Å². The number of rotatable bonds is 7. The van der Waals surface area contributed by atoms with Crippen LogP contribution in [-0.4, -0.2) is 49.1 Å². The zero-order valence-electron chi connectivity index (χ0n) is 13.6. The average Bonchev–Trinajstić information content (AvgIpc) is 2.87. The summed E-state index contributed by atoms with van der Waals surface area (Å²) in [6, 6.07) is 0. The number of hydrogen-bond donors (Lipinski definition) is 0. The third-order valence-corrected chi connectivity index (χ3v) is 5.10. The summed E-state index contributed by atoms with van der Waals surface area (Å²) in [6.07, 6.45) is 17.4. The molecule has 2 heteroatoms. The molecule has 2 heterocycles. The van der Waals surface area contributed by atoms with Gasteiger partial charge in [0.2, 0.25) is 0 Å². The molecule has 2 rings (SSSR count). The number of likely N-dealkylation sites (tertiary alicyclic amines) is 2. The average molecular weight is 280 g/mol. The van der Waals surface area contributed by atoms with Crippen LogP contribution in [0.1, 0.15) is 77.0 Å². The van der Waals surface area contributed by atoms with Gasteiger partial charge >= 0.3 is 0 Å². The van der Waals surface area contributed by atoms with Crippen LogP contribution in [0, 0.1) is 0 Å². The van der Waals surface area contributed by atoms with Crippen molar-refractivity contribution >= 4 is 0 Å². The normalized spacial score (nSPS) is 23.4. The Labute approximate surface area is 126 Å². The van der Waals surface area contributed by atoms with Crippen molar-refractivity contribution in [3.05, 3.63) is 0 Å². The van der Waals surface area contributed by atoms with Crippen molar-refractivity contribution in [3.8, 4) is 0 Å². The van der Waals surface area contributed by atoms with Crippen LogP contribution in [-0.2, 0) is 0 Å². The van der Waals surface area contributed by atoms with Crippen LogP contribution in [0.15, 0.2) is 0 Å². The van der Waals surface area contributed by atoms with Crippen molar-refractivity contribution in [3.63, 3.8) is 0 Å². The van der Waals surface area contributed by atoms with Gasteiger partial charge in [-0.1, -0.05) is 38.5 Å². The monoisotopic (exact) mass is 280 g/mol. The second kappa shape index (κ2) is 10.6. The van der Waals surface area contributed by atoms with Crippen molar-refractivity contribution in [2.75, 3.05) is 39.3 Å². The molecule has 0 amide bonds. The molecule has 0 saturated carbocycles. The highest BCUT2D eigenvalue weighted by molar-refractivity contribution is 4.65. The molecule has 2 aliphatic rings. The van der Waals surface area contributed by atoms with E-state index >= 15 is 0 Å². The lowest BCUT2D eigenvalue weighted by molar-refractivity contribution is 0.266. The van der Waals surface area contributed by atoms with Crippen LogP contribution in [0.4, 0.5) is 0 Å². The summed E-state index contributed by atoms with van der Waals surface area (Å²) in [7, 11) is 0. The van der Waals surface area contributed by atoms with E-state index in [-0.39, 0.29) is 0 Å². The lowest BCUT2D eigenvalue weighted by atomic mass is 10.1. The molecule has 2 nitrogen and oxygen atoms in total. The Kier molecular flexibility index (Phi) is 8.65. The molecule has 0 aromatic heterocycles. The minimum atomic E-state index is 1.36. The van der Waals surface area contributed by atoms with E-state index in [1.165, 1.54) is 116 Å². The zero-order chi connectivity index (χ0) is 13.9. The molecule has 0 unspecified atom stereocenters. The van der Waals surface area contributed by atoms with Crippen molar-refractivity contribution < 1.29 is 0 Å². The zero-order valence-corrected chi connectivity index (χ0v) is 13.6. The SMILES string of the molecule is C1CCCN(CCCCCCN2CCCCCC2)CC1. The summed E-state index contributed by atoms with van der Waals surface area (Å²) >= 11 is 0. The van der Waals surface area contributed by atoms with Gasteiger partial charge in [-0.15, -0.1) is 0 Å². The third-order valence-electron chi connectivity index (χ3n) is 5.10. The standard InChI is InChI=1S/C18H36N2/c1-2-8-14-19(13-7-1)17-11-5-6-12-18-20-15-9-3-4-10-16-20/h1-18H2. The van der Waals surface area contributed by atoms with E-state index in [1.54, 1.807) is 0 Å². The van der Waals surface area contributed by atoms with Crippen LogP contribution in [0.25, 0.3) is 0 Å². The highest BCUT2D eigenvalue weighted by Gasteiger charge is 2.09. The second-order valence-electron chi connectivity index (χ2n) is 6.93. The molecule has 0 radical (unpaired) electrons. The van der Waals surface area contributed by atoms with Gasteiger partial charge in [0.1, 0.15) is 0 Å². The predicted molar refractivity (Wildman–Crippen MR) is 88.3 cm³/mol. The van der Waals surface area contributed by atoms with Gasteiger partial charge in [-0.25, -0.2) is 0 Å². The molecule has 0 atom stereocenters. The van der Waals surface area contributed by atoms with E-state index in [1.807, 2.05) is 0 Å². The first-order chi connectivity index (χ1) is 9.95. The molecule has 20 heavy (non-hydrogen) atoms. The maximum Gasteiger partial charge on any atom is -0.00187 e. The summed E-state index contributed by atoms with van der Waals surface area (Å²) in [6.45, 7) is 8.20. The van der Waals surface area contributed by atoms with Crippen LogP contribution < -0.4 is 0 Å². The summed E-state index contributed by atoms with van der Waals surface area (Å²) in [5.41, 5.74) is 0. The molecule has 0 aromatic rings. The lowest BCUT2D eigenvalue weighted by Crippen LogP contribution is -2.26. The fourth-order valence-corrected chi connectivity index (χ4v) is 3.74. The quantitative estimate of drug-likeness (QED) is 0.642. The summed E-state index contributed by atoms with van der Waals surface area (Å²) in [4.78, 5) is 5.42. The van der Waals surface area contributed by atoms with E-state index < -0.39 is 0 Å². The molecule has 2 aliphatic heterocycles. The van der Waals surface area contributed by atoms with Crippen LogP contribution in [0.5, 0.6) is 0 Å². The van der Waals surface area contributed by atoms with E-state index in [9.17, 15) is 0 Å². The van der Waals surface area contributed by atoms with Gasteiger partial charge in [-0.05, 0) is 77.8 Å². The Morgan fingerprint density at radius 2 is 0.750 bits per heavy atom. The molecule has 0 spiro atoms. The van der Waals surface area contributed by atoms with E-state index in [2.05, 4.69) is 9.80 Å². The number of unbranched alkanes of at least 4 members (excludes halogenated alkanes) is 3. The van der Waals surface area contributed by atoms with Gasteiger partial charge in [-0.3, -0.25) is 0 Å². The Morgan fingerprint density at radius 1 is 0.400 bits per heavy atom. The largest absolute Gasteiger partial charge is 0.303 e. The Bertz CT molecular complexity index is 189. The highest BCUT2D eigenvalue weighted by Crippen LogP contribution is 2.13. The molecule has 0 aromatic carbocycles. The number of hydrogen-bond acceptors (Lipinski definition) is 2. The molecular weight excluding hydrogens is 244 g/mol. The molecule has 0 aliphatic carbocycles. The van der Waals surface area contributed by atoms with Gasteiger partial charge < -0.3 is 9.80 Å². The lowest BCUT2D eigenvalue weighted by Gasteiger charge is -2.20. The number of nitrogens with zero attached hydrogens (tertiary/aromatic N) is 2. The minimum absolute atomic E-state index is 1.36. The Morgan fingerprint density at radius 3 is 1.10 bits per heavy atom. The van der Waals surface area contributed by atoms with Crippen LogP contribution in [0.2, 0.25) is 0 Å². The smallest absolute Gasteiger partial charge is 0.00187 e. The molecular formula is C18H36N2. The summed E-state index contributed by atoms with van der Waals surface area (Å²) < 4.78 is 0. The third kappa shape index (κ3) is 7.08. The topological polar surface area (TPSA) is 6.48 Å². The highest BCUT2D eigenvalue weighted by atomic mass is 15.1. The molecule has 118 valence electrons. The van der Waals surface area contributed by atoms with E-state index in [0.29, 0.717) is 0 Å². The fraction of sp³-hybridized carbons (Fsp3) is 1.00. The summed E-state index contributed by atoms with van der Waals surface area (Å²) in [5, 5.41) is 0. The maximum atomic E-state index is 2.71. The molecule has 0 N–H and O–H groups in total. The minimum Gasteiger partial charge on any atom is -0.303 e. The van der Waals surface area contributed by atoms with Crippen molar-refractivity contribution in [1.82, 2.24) is 9.80 Å². The van der Waals surface area contributed by atoms with Gasteiger partial charge in [-0.2, -0.15) is 0 Å². The van der Waals surface area contributed by atoms with Crippen molar-refractivity contribution in [2.24, 2.45) is 0 Å². The van der Waals surface area contributed by atoms with Gasteiger partial charge in [0, 0.05) is 0 Å². The van der Waals surface area contributed by atoms with E-state index in [4.69, 9.17) is 0 Å². The van der Waals surface area contributed by atoms with Crippen molar-refractivity contribution in [1.29, 1.82) is 0 Å². The Balaban J connectivity index is 1.42. The first-order valence-corrected chi connectivity index (χ1v) is 9.40. The summed E-state index contributed by atoms with van der Waals surface area (Å²) in [5.74, 6) is 0. The first-order valence-electron chi connectivity index (χ1n) is 9.40. The van der Waals surface area contributed by atoms with E-state index in [0.717, 1.165) is 0 Å². The second-order valence-corrected chi connectivity index (χ2v) is 6.93. The maximum absolute atomic E-state index is 2.71. The van der Waals surface area contributed by atoms with Crippen LogP contribution in [0.3, 0.4) is 0 Å². The van der Waals surface area contributed by atoms with Gasteiger partial charge in [0.15, 0.2) is 0 Å².